The molecule has 0 radical (unpaired) electrons. The molecule has 0 aromatic carbocycles. The van der Waals surface area contributed by atoms with Crippen molar-refractivity contribution in [2.45, 2.75) is 51.7 Å². The van der Waals surface area contributed by atoms with E-state index in [1.807, 2.05) is 0 Å². The van der Waals surface area contributed by atoms with Crippen LogP contribution in [0.1, 0.15) is 39.5 Å². The average Bonchev–Trinajstić information content (AvgIpc) is 2.38. The van der Waals surface area contributed by atoms with Gasteiger partial charge in [0.2, 0.25) is 0 Å². The molecular weight excluding hydrogens is 265 g/mol. The Hall–Kier alpha value is -0.290. The summed E-state index contributed by atoms with van der Waals surface area (Å²) in [6.45, 7) is 8.48. The topological polar surface area (TPSA) is 15.3 Å². The number of halogens is 3. The number of piperazine rings is 1. The minimum atomic E-state index is -3.99. The van der Waals surface area contributed by atoms with E-state index in [1.54, 1.807) is 0 Å². The molecule has 1 atom stereocenters. The van der Waals surface area contributed by atoms with Gasteiger partial charge in [-0.2, -0.15) is 13.2 Å². The van der Waals surface area contributed by atoms with Crippen molar-refractivity contribution < 1.29 is 13.2 Å². The lowest BCUT2D eigenvalue weighted by atomic mass is 9.81. The third-order valence-electron chi connectivity index (χ3n) is 4.97. The Balaban J connectivity index is 1.82. The lowest BCUT2D eigenvalue weighted by Gasteiger charge is -2.41. The summed E-state index contributed by atoms with van der Waals surface area (Å²) in [5.74, 6) is -0.00932. The van der Waals surface area contributed by atoms with Crippen molar-refractivity contribution in [2.75, 3.05) is 26.2 Å². The summed E-state index contributed by atoms with van der Waals surface area (Å²) in [7, 11) is 0. The Labute approximate surface area is 120 Å². The summed E-state index contributed by atoms with van der Waals surface area (Å²) < 4.78 is 38.0. The van der Waals surface area contributed by atoms with E-state index in [4.69, 9.17) is 0 Å². The van der Waals surface area contributed by atoms with Gasteiger partial charge >= 0.3 is 6.18 Å². The second-order valence-corrected chi connectivity index (χ2v) is 6.77. The molecule has 2 fully saturated rings. The molecular formula is C15H27F3N2. The molecule has 0 aromatic heterocycles. The second-order valence-electron chi connectivity index (χ2n) is 6.77. The first kappa shape index (κ1) is 16.1. The Morgan fingerprint density at radius 2 is 1.80 bits per heavy atom. The summed E-state index contributed by atoms with van der Waals surface area (Å²) in [6.07, 6.45) is -1.86. The van der Waals surface area contributed by atoms with Crippen LogP contribution in [0.25, 0.3) is 0 Å². The van der Waals surface area contributed by atoms with E-state index in [9.17, 15) is 13.2 Å². The summed E-state index contributed by atoms with van der Waals surface area (Å²) in [4.78, 5) is 2.50. The smallest absolute Gasteiger partial charge is 0.314 e. The highest BCUT2D eigenvalue weighted by molar-refractivity contribution is 4.85. The summed E-state index contributed by atoms with van der Waals surface area (Å²) in [6, 6.07) is 0.532. The maximum absolute atomic E-state index is 12.7. The molecule has 2 aliphatic rings. The van der Waals surface area contributed by atoms with Gasteiger partial charge in [0.25, 0.3) is 0 Å². The molecule has 5 heteroatoms. The molecule has 1 N–H and O–H groups in total. The minimum absolute atomic E-state index is 0.326. The molecule has 2 rings (SSSR count). The van der Waals surface area contributed by atoms with Crippen LogP contribution in [0.4, 0.5) is 13.2 Å². The number of nitrogens with zero attached hydrogens (tertiary/aromatic N) is 1. The Morgan fingerprint density at radius 1 is 1.15 bits per heavy atom. The molecule has 0 amide bonds. The first-order chi connectivity index (χ1) is 9.38. The monoisotopic (exact) mass is 292 g/mol. The van der Waals surface area contributed by atoms with Crippen LogP contribution in [-0.2, 0) is 0 Å². The van der Waals surface area contributed by atoms with Crippen LogP contribution in [0.3, 0.4) is 0 Å². The lowest BCUT2D eigenvalue weighted by Crippen LogP contribution is -2.54. The number of hydrogen-bond acceptors (Lipinski definition) is 2. The molecule has 1 saturated carbocycles. The summed E-state index contributed by atoms with van der Waals surface area (Å²) >= 11 is 0. The zero-order chi connectivity index (χ0) is 14.8. The van der Waals surface area contributed by atoms with Gasteiger partial charge in [-0.25, -0.2) is 0 Å². The van der Waals surface area contributed by atoms with Crippen molar-refractivity contribution in [3.8, 4) is 0 Å². The molecule has 20 heavy (non-hydrogen) atoms. The number of rotatable bonds is 3. The van der Waals surface area contributed by atoms with Crippen molar-refractivity contribution >= 4 is 0 Å². The Morgan fingerprint density at radius 3 is 2.35 bits per heavy atom. The second kappa shape index (κ2) is 6.65. The van der Waals surface area contributed by atoms with Gasteiger partial charge in [-0.1, -0.05) is 13.8 Å². The first-order valence-corrected chi connectivity index (χ1v) is 7.89. The Kier molecular flexibility index (Phi) is 5.35. The molecule has 0 unspecified atom stereocenters. The molecule has 118 valence electrons. The fourth-order valence-electron chi connectivity index (χ4n) is 3.66. The van der Waals surface area contributed by atoms with Crippen LogP contribution >= 0.6 is 0 Å². The number of alkyl halides is 3. The van der Waals surface area contributed by atoms with Gasteiger partial charge in [-0.3, -0.25) is 4.90 Å². The molecule has 0 spiro atoms. The lowest BCUT2D eigenvalue weighted by molar-refractivity contribution is -0.184. The molecule has 2 nitrogen and oxygen atoms in total. The molecule has 1 aliphatic heterocycles. The summed E-state index contributed by atoms with van der Waals surface area (Å²) in [5, 5.41) is 3.42. The van der Waals surface area contributed by atoms with Gasteiger partial charge in [0.15, 0.2) is 0 Å². The van der Waals surface area contributed by atoms with Crippen LogP contribution in [-0.4, -0.2) is 43.3 Å². The molecule has 1 aliphatic carbocycles. The average molecular weight is 292 g/mol. The SMILES string of the molecule is CC(C)[C@H]1CNCCN1C[C@H]1CC[C@@H](C(F)(F)F)CC1. The third-order valence-corrected chi connectivity index (χ3v) is 4.97. The molecule has 1 heterocycles. The van der Waals surface area contributed by atoms with Gasteiger partial charge in [0, 0.05) is 32.2 Å². The predicted molar refractivity (Wildman–Crippen MR) is 74.6 cm³/mol. The van der Waals surface area contributed by atoms with Crippen LogP contribution in [0.5, 0.6) is 0 Å². The largest absolute Gasteiger partial charge is 0.391 e. The molecule has 1 saturated heterocycles. The van der Waals surface area contributed by atoms with Crippen molar-refractivity contribution in [1.29, 1.82) is 0 Å². The van der Waals surface area contributed by atoms with E-state index in [-0.39, 0.29) is 0 Å². The van der Waals surface area contributed by atoms with E-state index in [0.717, 1.165) is 39.0 Å². The van der Waals surface area contributed by atoms with Crippen LogP contribution in [0, 0.1) is 17.8 Å². The number of nitrogens with one attached hydrogen (secondary N) is 1. The van der Waals surface area contributed by atoms with Crippen molar-refractivity contribution in [2.24, 2.45) is 17.8 Å². The van der Waals surface area contributed by atoms with E-state index < -0.39 is 12.1 Å². The highest BCUT2D eigenvalue weighted by Crippen LogP contribution is 2.39. The first-order valence-electron chi connectivity index (χ1n) is 7.89. The van der Waals surface area contributed by atoms with Gasteiger partial charge < -0.3 is 5.32 Å². The van der Waals surface area contributed by atoms with Crippen LogP contribution in [0.15, 0.2) is 0 Å². The Bertz CT molecular complexity index is 296. The van der Waals surface area contributed by atoms with Crippen LogP contribution in [0.2, 0.25) is 0 Å². The van der Waals surface area contributed by atoms with Gasteiger partial charge in [0.05, 0.1) is 5.92 Å². The van der Waals surface area contributed by atoms with Crippen molar-refractivity contribution in [3.05, 3.63) is 0 Å². The quantitative estimate of drug-likeness (QED) is 0.859. The highest BCUT2D eigenvalue weighted by Gasteiger charge is 2.41. The third kappa shape index (κ3) is 4.10. The van der Waals surface area contributed by atoms with E-state index in [0.29, 0.717) is 30.7 Å². The predicted octanol–water partition coefficient (Wildman–Crippen LogP) is 3.28. The van der Waals surface area contributed by atoms with Gasteiger partial charge in [-0.15, -0.1) is 0 Å². The van der Waals surface area contributed by atoms with Crippen molar-refractivity contribution in [1.82, 2.24) is 10.2 Å². The standard InChI is InChI=1S/C15H27F3N2/c1-11(2)14-9-19-7-8-20(14)10-12-3-5-13(6-4-12)15(16,17)18/h11-14,19H,3-10H2,1-2H3/t12-,13+,14-/m1/s1. The normalized spacial score (nSPS) is 33.6. The molecule has 0 aromatic rings. The summed E-state index contributed by atoms with van der Waals surface area (Å²) in [5.41, 5.74) is 0. The number of hydrogen-bond donors (Lipinski definition) is 1. The molecule has 0 bridgehead atoms. The highest BCUT2D eigenvalue weighted by atomic mass is 19.4. The minimum Gasteiger partial charge on any atom is -0.314 e. The fraction of sp³-hybridized carbons (Fsp3) is 1.00. The van der Waals surface area contributed by atoms with E-state index in [1.165, 1.54) is 0 Å². The van der Waals surface area contributed by atoms with E-state index >= 15 is 0 Å². The van der Waals surface area contributed by atoms with Crippen molar-refractivity contribution in [3.63, 3.8) is 0 Å². The zero-order valence-corrected chi connectivity index (χ0v) is 12.5. The van der Waals surface area contributed by atoms with Gasteiger partial charge in [0.1, 0.15) is 0 Å². The van der Waals surface area contributed by atoms with Crippen LogP contribution < -0.4 is 5.32 Å². The van der Waals surface area contributed by atoms with E-state index in [2.05, 4.69) is 24.1 Å². The zero-order valence-electron chi connectivity index (χ0n) is 12.5. The maximum Gasteiger partial charge on any atom is 0.391 e. The van der Waals surface area contributed by atoms with Gasteiger partial charge in [-0.05, 0) is 37.5 Å². The fourth-order valence-corrected chi connectivity index (χ4v) is 3.66. The maximum atomic E-state index is 12.7.